The van der Waals surface area contributed by atoms with Crippen LogP contribution in [0.5, 0.6) is 0 Å². The minimum atomic E-state index is -0.268. The van der Waals surface area contributed by atoms with Crippen molar-refractivity contribution >= 4 is 23.4 Å². The summed E-state index contributed by atoms with van der Waals surface area (Å²) in [7, 11) is 1.83. The van der Waals surface area contributed by atoms with E-state index in [1.165, 1.54) is 0 Å². The molecular formula is C14H17ClN4O. The van der Waals surface area contributed by atoms with Crippen LogP contribution in [-0.2, 0) is 13.5 Å². The zero-order valence-electron chi connectivity index (χ0n) is 11.5. The molecule has 0 saturated heterocycles. The van der Waals surface area contributed by atoms with Crippen LogP contribution in [0.4, 0.5) is 10.6 Å². The van der Waals surface area contributed by atoms with Gasteiger partial charge in [0.15, 0.2) is 5.82 Å². The molecule has 106 valence electrons. The topological polar surface area (TPSA) is 59.0 Å². The largest absolute Gasteiger partial charge is 0.337 e. The van der Waals surface area contributed by atoms with Crippen LogP contribution in [0.3, 0.4) is 0 Å². The van der Waals surface area contributed by atoms with Crippen molar-refractivity contribution < 1.29 is 4.79 Å². The molecule has 0 fully saturated rings. The van der Waals surface area contributed by atoms with Gasteiger partial charge in [0, 0.05) is 30.4 Å². The molecule has 1 heterocycles. The fourth-order valence-electron chi connectivity index (χ4n) is 1.79. The van der Waals surface area contributed by atoms with Crippen molar-refractivity contribution in [1.82, 2.24) is 15.1 Å². The van der Waals surface area contributed by atoms with E-state index >= 15 is 0 Å². The minimum Gasteiger partial charge on any atom is -0.337 e. The number of nitrogens with zero attached hydrogens (tertiary/aromatic N) is 2. The number of carbonyl (C=O) groups is 1. The number of nitrogens with one attached hydrogen (secondary N) is 2. The average molecular weight is 293 g/mol. The number of halogens is 1. The highest BCUT2D eigenvalue weighted by molar-refractivity contribution is 6.31. The smallest absolute Gasteiger partial charge is 0.320 e. The Balaban J connectivity index is 1.80. The Morgan fingerprint density at radius 1 is 1.40 bits per heavy atom. The summed E-state index contributed by atoms with van der Waals surface area (Å²) >= 11 is 6.05. The standard InChI is InChI=1S/C14H17ClN4O/c1-10-9-13(18-19(10)2)17-14(20)16-8-7-11-5-3-4-6-12(11)15/h3-6,9H,7-8H2,1-2H3,(H2,16,17,18,20). The Morgan fingerprint density at radius 3 is 2.80 bits per heavy atom. The molecule has 1 aromatic carbocycles. The van der Waals surface area contributed by atoms with Crippen molar-refractivity contribution in [2.75, 3.05) is 11.9 Å². The second-order valence-corrected chi connectivity index (χ2v) is 4.92. The second-order valence-electron chi connectivity index (χ2n) is 4.52. The number of urea groups is 1. The molecule has 0 radical (unpaired) electrons. The van der Waals surface area contributed by atoms with Crippen LogP contribution in [0.25, 0.3) is 0 Å². The molecule has 0 atom stereocenters. The Kier molecular flexibility index (Phi) is 4.63. The number of carbonyl (C=O) groups excluding carboxylic acids is 1. The van der Waals surface area contributed by atoms with Gasteiger partial charge in [0.1, 0.15) is 0 Å². The molecule has 2 N–H and O–H groups in total. The van der Waals surface area contributed by atoms with Gasteiger partial charge in [-0.25, -0.2) is 4.79 Å². The first kappa shape index (κ1) is 14.4. The zero-order chi connectivity index (χ0) is 14.5. The van der Waals surface area contributed by atoms with Crippen LogP contribution in [0.15, 0.2) is 30.3 Å². The molecule has 20 heavy (non-hydrogen) atoms. The molecule has 1 aromatic heterocycles. The second kappa shape index (κ2) is 6.43. The maximum atomic E-state index is 11.7. The van der Waals surface area contributed by atoms with Gasteiger partial charge in [0.25, 0.3) is 0 Å². The first-order valence-electron chi connectivity index (χ1n) is 6.35. The summed E-state index contributed by atoms with van der Waals surface area (Å²) in [6, 6.07) is 9.15. The maximum absolute atomic E-state index is 11.7. The maximum Gasteiger partial charge on any atom is 0.320 e. The molecule has 0 saturated carbocycles. The van der Waals surface area contributed by atoms with Crippen molar-refractivity contribution in [2.45, 2.75) is 13.3 Å². The van der Waals surface area contributed by atoms with Gasteiger partial charge in [-0.2, -0.15) is 5.10 Å². The first-order chi connectivity index (χ1) is 9.56. The lowest BCUT2D eigenvalue weighted by Gasteiger charge is -2.06. The molecule has 0 unspecified atom stereocenters. The van der Waals surface area contributed by atoms with Crippen LogP contribution < -0.4 is 10.6 Å². The number of amides is 2. The summed E-state index contributed by atoms with van der Waals surface area (Å²) in [5.74, 6) is 0.542. The van der Waals surface area contributed by atoms with E-state index < -0.39 is 0 Å². The lowest BCUT2D eigenvalue weighted by molar-refractivity contribution is 0.252. The Hall–Kier alpha value is -2.01. The van der Waals surface area contributed by atoms with E-state index in [0.29, 0.717) is 18.8 Å². The summed E-state index contributed by atoms with van der Waals surface area (Å²) in [6.45, 7) is 2.44. The normalized spacial score (nSPS) is 10.3. The predicted octanol–water partition coefficient (Wildman–Crippen LogP) is 2.75. The van der Waals surface area contributed by atoms with Gasteiger partial charge in [-0.3, -0.25) is 10.00 Å². The van der Waals surface area contributed by atoms with Crippen LogP contribution in [-0.4, -0.2) is 22.4 Å². The van der Waals surface area contributed by atoms with Gasteiger partial charge in [-0.05, 0) is 25.0 Å². The molecule has 0 aliphatic heterocycles. The summed E-state index contributed by atoms with van der Waals surface area (Å²) in [4.78, 5) is 11.7. The third kappa shape index (κ3) is 3.74. The average Bonchev–Trinajstić information content (AvgIpc) is 2.70. The highest BCUT2D eigenvalue weighted by Gasteiger charge is 2.06. The van der Waals surface area contributed by atoms with Crippen molar-refractivity contribution in [1.29, 1.82) is 0 Å². The predicted molar refractivity (Wildman–Crippen MR) is 80.1 cm³/mol. The lowest BCUT2D eigenvalue weighted by Crippen LogP contribution is -2.30. The SMILES string of the molecule is Cc1cc(NC(=O)NCCc2ccccc2Cl)nn1C. The monoisotopic (exact) mass is 292 g/mol. The summed E-state index contributed by atoms with van der Waals surface area (Å²) < 4.78 is 1.71. The lowest BCUT2D eigenvalue weighted by atomic mass is 10.1. The van der Waals surface area contributed by atoms with E-state index in [1.807, 2.05) is 44.3 Å². The number of hydrogen-bond acceptors (Lipinski definition) is 2. The molecule has 6 heteroatoms. The molecule has 0 aliphatic carbocycles. The van der Waals surface area contributed by atoms with E-state index in [0.717, 1.165) is 16.3 Å². The van der Waals surface area contributed by atoms with E-state index in [1.54, 1.807) is 4.68 Å². The number of hydrogen-bond donors (Lipinski definition) is 2. The van der Waals surface area contributed by atoms with E-state index in [9.17, 15) is 4.79 Å². The summed E-state index contributed by atoms with van der Waals surface area (Å²) in [5.41, 5.74) is 2.00. The molecule has 2 rings (SSSR count). The van der Waals surface area contributed by atoms with Gasteiger partial charge in [0.2, 0.25) is 0 Å². The number of rotatable bonds is 4. The number of anilines is 1. The highest BCUT2D eigenvalue weighted by Crippen LogP contribution is 2.14. The van der Waals surface area contributed by atoms with Gasteiger partial charge in [-0.1, -0.05) is 29.8 Å². The van der Waals surface area contributed by atoms with Gasteiger partial charge >= 0.3 is 6.03 Å². The number of aryl methyl sites for hydroxylation is 2. The fourth-order valence-corrected chi connectivity index (χ4v) is 2.02. The molecular weight excluding hydrogens is 276 g/mol. The van der Waals surface area contributed by atoms with Gasteiger partial charge < -0.3 is 5.32 Å². The molecule has 0 aliphatic rings. The molecule has 0 spiro atoms. The molecule has 5 nitrogen and oxygen atoms in total. The Labute approximate surface area is 122 Å². The zero-order valence-corrected chi connectivity index (χ0v) is 12.2. The van der Waals surface area contributed by atoms with Gasteiger partial charge in [0.05, 0.1) is 0 Å². The van der Waals surface area contributed by atoms with Crippen LogP contribution in [0.1, 0.15) is 11.3 Å². The fraction of sp³-hybridized carbons (Fsp3) is 0.286. The first-order valence-corrected chi connectivity index (χ1v) is 6.73. The van der Waals surface area contributed by atoms with Crippen molar-refractivity contribution in [3.05, 3.63) is 46.6 Å². The van der Waals surface area contributed by atoms with E-state index in [-0.39, 0.29) is 6.03 Å². The van der Waals surface area contributed by atoms with Crippen LogP contribution in [0.2, 0.25) is 5.02 Å². The minimum absolute atomic E-state index is 0.268. The summed E-state index contributed by atoms with van der Waals surface area (Å²) in [5, 5.41) is 10.3. The highest BCUT2D eigenvalue weighted by atomic mass is 35.5. The van der Waals surface area contributed by atoms with Crippen LogP contribution >= 0.6 is 11.6 Å². The Morgan fingerprint density at radius 2 is 2.15 bits per heavy atom. The third-order valence-electron chi connectivity index (χ3n) is 2.99. The van der Waals surface area contributed by atoms with E-state index in [2.05, 4.69) is 15.7 Å². The molecule has 2 aromatic rings. The number of aromatic nitrogens is 2. The molecule has 0 bridgehead atoms. The quantitative estimate of drug-likeness (QED) is 0.910. The van der Waals surface area contributed by atoms with Crippen molar-refractivity contribution in [3.63, 3.8) is 0 Å². The number of benzene rings is 1. The molecule has 2 amide bonds. The van der Waals surface area contributed by atoms with Crippen molar-refractivity contribution in [2.24, 2.45) is 7.05 Å². The van der Waals surface area contributed by atoms with E-state index in [4.69, 9.17) is 11.6 Å². The van der Waals surface area contributed by atoms with Crippen molar-refractivity contribution in [3.8, 4) is 0 Å². The van der Waals surface area contributed by atoms with Gasteiger partial charge in [-0.15, -0.1) is 0 Å². The summed E-state index contributed by atoms with van der Waals surface area (Å²) in [6.07, 6.45) is 0.689. The third-order valence-corrected chi connectivity index (χ3v) is 3.36. The van der Waals surface area contributed by atoms with Crippen LogP contribution in [0, 0.1) is 6.92 Å². The Bertz CT molecular complexity index is 589.